The predicted octanol–water partition coefficient (Wildman–Crippen LogP) is 4.36. The third-order valence-electron chi connectivity index (χ3n) is 4.45. The van der Waals surface area contributed by atoms with Gasteiger partial charge in [-0.05, 0) is 54.9 Å². The molecule has 3 rings (SSSR count). The van der Waals surface area contributed by atoms with E-state index < -0.39 is 0 Å². The Bertz CT molecular complexity index is 673. The summed E-state index contributed by atoms with van der Waals surface area (Å²) in [6.45, 7) is 0.716. The maximum atomic E-state index is 5.29. The molecule has 0 unspecified atom stereocenters. The third kappa shape index (κ3) is 4.90. The zero-order chi connectivity index (χ0) is 16.6. The fourth-order valence-electron chi connectivity index (χ4n) is 3.07. The lowest BCUT2D eigenvalue weighted by molar-refractivity contribution is 0.563. The van der Waals surface area contributed by atoms with Crippen LogP contribution in [0.15, 0.2) is 65.8 Å². The fourth-order valence-corrected chi connectivity index (χ4v) is 3.19. The van der Waals surface area contributed by atoms with Gasteiger partial charge < -0.3 is 5.32 Å². The van der Waals surface area contributed by atoms with E-state index in [1.807, 2.05) is 18.2 Å². The smallest absolute Gasteiger partial charge is 0.187 e. The summed E-state index contributed by atoms with van der Waals surface area (Å²) in [5.74, 6) is 0.660. The van der Waals surface area contributed by atoms with Gasteiger partial charge in [-0.2, -0.15) is 5.10 Å². The van der Waals surface area contributed by atoms with Crippen molar-refractivity contribution in [2.75, 3.05) is 0 Å². The molecule has 1 saturated carbocycles. The minimum absolute atomic E-state index is 0.580. The highest BCUT2D eigenvalue weighted by Gasteiger charge is 2.19. The molecule has 2 aromatic rings. The molecule has 3 nitrogen and oxygen atoms in total. The molecule has 0 saturated heterocycles. The Kier molecular flexibility index (Phi) is 5.96. The summed E-state index contributed by atoms with van der Waals surface area (Å²) in [5.41, 5.74) is 6.85. The number of hydrogen-bond donors (Lipinski definition) is 2. The van der Waals surface area contributed by atoms with E-state index in [0.29, 0.717) is 17.6 Å². The van der Waals surface area contributed by atoms with Crippen molar-refractivity contribution in [3.05, 3.63) is 71.8 Å². The monoisotopic (exact) mass is 337 g/mol. The number of benzene rings is 2. The maximum Gasteiger partial charge on any atom is 0.187 e. The summed E-state index contributed by atoms with van der Waals surface area (Å²) in [6, 6.07) is 21.0. The Morgan fingerprint density at radius 1 is 0.958 bits per heavy atom. The average Bonchev–Trinajstić information content (AvgIpc) is 2.67. The van der Waals surface area contributed by atoms with Crippen LogP contribution >= 0.6 is 12.2 Å². The fraction of sp³-hybridized carbons (Fsp3) is 0.300. The van der Waals surface area contributed by atoms with E-state index in [1.54, 1.807) is 0 Å². The molecule has 0 bridgehead atoms. The quantitative estimate of drug-likeness (QED) is 0.643. The zero-order valence-corrected chi connectivity index (χ0v) is 14.6. The van der Waals surface area contributed by atoms with Gasteiger partial charge in [0, 0.05) is 12.3 Å². The van der Waals surface area contributed by atoms with Crippen LogP contribution in [0.25, 0.3) is 0 Å². The van der Waals surface area contributed by atoms with Crippen molar-refractivity contribution < 1.29 is 0 Å². The lowest BCUT2D eigenvalue weighted by atomic mass is 9.83. The summed E-state index contributed by atoms with van der Waals surface area (Å²) in [4.78, 5) is 0. The van der Waals surface area contributed by atoms with Crippen LogP contribution in [0, 0.1) is 0 Å². The molecule has 2 aromatic carbocycles. The van der Waals surface area contributed by atoms with Crippen molar-refractivity contribution in [2.45, 2.75) is 38.1 Å². The van der Waals surface area contributed by atoms with E-state index in [-0.39, 0.29) is 0 Å². The topological polar surface area (TPSA) is 36.4 Å². The van der Waals surface area contributed by atoms with Gasteiger partial charge in [-0.25, -0.2) is 0 Å². The van der Waals surface area contributed by atoms with Crippen molar-refractivity contribution >= 4 is 23.0 Å². The molecule has 1 aliphatic carbocycles. The second kappa shape index (κ2) is 8.60. The van der Waals surface area contributed by atoms with Crippen LogP contribution in [0.1, 0.15) is 42.7 Å². The average molecular weight is 337 g/mol. The highest BCUT2D eigenvalue weighted by atomic mass is 32.1. The lowest BCUT2D eigenvalue weighted by Gasteiger charge is -2.23. The summed E-state index contributed by atoms with van der Waals surface area (Å²) in [6.07, 6.45) is 4.39. The van der Waals surface area contributed by atoms with Crippen molar-refractivity contribution in [3.8, 4) is 0 Å². The maximum absolute atomic E-state index is 5.29. The van der Waals surface area contributed by atoms with Gasteiger partial charge in [0.05, 0.1) is 0 Å². The summed E-state index contributed by atoms with van der Waals surface area (Å²) in [7, 11) is 0. The second-order valence-corrected chi connectivity index (χ2v) is 6.55. The molecule has 0 aromatic heterocycles. The Labute approximate surface area is 149 Å². The van der Waals surface area contributed by atoms with Crippen molar-refractivity contribution in [1.29, 1.82) is 0 Å². The summed E-state index contributed by atoms with van der Waals surface area (Å²) < 4.78 is 0. The Morgan fingerprint density at radius 2 is 1.58 bits per heavy atom. The van der Waals surface area contributed by atoms with Gasteiger partial charge in [-0.3, -0.25) is 5.43 Å². The first kappa shape index (κ1) is 16.7. The number of thiocarbonyl (C=S) groups is 1. The van der Waals surface area contributed by atoms with Crippen molar-refractivity contribution in [3.63, 3.8) is 0 Å². The normalized spacial score (nSPS) is 17.2. The van der Waals surface area contributed by atoms with Crippen LogP contribution in [-0.4, -0.2) is 10.8 Å². The van der Waals surface area contributed by atoms with Crippen LogP contribution in [0.5, 0.6) is 0 Å². The standard InChI is InChI=1S/C20H23N3S/c24-20(21-15-16-7-3-1-4-8-16)23-22-19-13-11-18(12-14-19)17-9-5-2-6-10-17/h1-10,18H,11-15H2,(H2,21,23,24). The van der Waals surface area contributed by atoms with E-state index >= 15 is 0 Å². The summed E-state index contributed by atoms with van der Waals surface area (Å²) >= 11 is 5.29. The lowest BCUT2D eigenvalue weighted by Crippen LogP contribution is -2.32. The third-order valence-corrected chi connectivity index (χ3v) is 4.68. The molecule has 4 heteroatoms. The zero-order valence-electron chi connectivity index (χ0n) is 13.7. The molecule has 0 radical (unpaired) electrons. The van der Waals surface area contributed by atoms with Crippen LogP contribution in [-0.2, 0) is 6.54 Å². The van der Waals surface area contributed by atoms with E-state index in [0.717, 1.165) is 25.7 Å². The predicted molar refractivity (Wildman–Crippen MR) is 104 cm³/mol. The van der Waals surface area contributed by atoms with Crippen LogP contribution in [0.3, 0.4) is 0 Å². The van der Waals surface area contributed by atoms with E-state index in [4.69, 9.17) is 12.2 Å². The van der Waals surface area contributed by atoms with E-state index in [9.17, 15) is 0 Å². The molecule has 1 aliphatic rings. The number of hydrazone groups is 1. The molecule has 2 N–H and O–H groups in total. The number of nitrogens with zero attached hydrogens (tertiary/aromatic N) is 1. The van der Waals surface area contributed by atoms with Gasteiger partial charge in [0.25, 0.3) is 0 Å². The van der Waals surface area contributed by atoms with Gasteiger partial charge in [-0.1, -0.05) is 60.7 Å². The van der Waals surface area contributed by atoms with Gasteiger partial charge in [0.1, 0.15) is 0 Å². The second-order valence-electron chi connectivity index (χ2n) is 6.14. The minimum atomic E-state index is 0.580. The number of hydrogen-bond acceptors (Lipinski definition) is 2. The Hall–Kier alpha value is -2.20. The molecule has 0 amide bonds. The number of rotatable bonds is 4. The molecular formula is C20H23N3S. The van der Waals surface area contributed by atoms with E-state index in [1.165, 1.54) is 16.8 Å². The van der Waals surface area contributed by atoms with Gasteiger partial charge in [0.2, 0.25) is 0 Å². The number of nitrogens with one attached hydrogen (secondary N) is 2. The Balaban J connectivity index is 1.42. The largest absolute Gasteiger partial charge is 0.357 e. The van der Waals surface area contributed by atoms with Crippen molar-refractivity contribution in [1.82, 2.24) is 10.7 Å². The van der Waals surface area contributed by atoms with Crippen molar-refractivity contribution in [2.24, 2.45) is 5.10 Å². The van der Waals surface area contributed by atoms with Crippen LogP contribution < -0.4 is 10.7 Å². The first-order valence-corrected chi connectivity index (χ1v) is 8.90. The van der Waals surface area contributed by atoms with Gasteiger partial charge in [0.15, 0.2) is 5.11 Å². The van der Waals surface area contributed by atoms with E-state index in [2.05, 4.69) is 58.3 Å². The first-order chi connectivity index (χ1) is 11.8. The SMILES string of the molecule is S=C(NCc1ccccc1)NN=C1CCC(c2ccccc2)CC1. The van der Waals surface area contributed by atoms with Gasteiger partial charge in [-0.15, -0.1) is 0 Å². The highest BCUT2D eigenvalue weighted by Crippen LogP contribution is 2.31. The molecule has 0 heterocycles. The summed E-state index contributed by atoms with van der Waals surface area (Å²) in [5, 5.41) is 8.25. The Morgan fingerprint density at radius 3 is 2.25 bits per heavy atom. The first-order valence-electron chi connectivity index (χ1n) is 8.49. The molecular weight excluding hydrogens is 314 g/mol. The molecule has 0 atom stereocenters. The van der Waals surface area contributed by atoms with Crippen LogP contribution in [0.2, 0.25) is 0 Å². The molecule has 124 valence electrons. The molecule has 24 heavy (non-hydrogen) atoms. The van der Waals surface area contributed by atoms with Gasteiger partial charge >= 0.3 is 0 Å². The van der Waals surface area contributed by atoms with Crippen LogP contribution in [0.4, 0.5) is 0 Å². The molecule has 0 spiro atoms. The molecule has 1 fully saturated rings. The minimum Gasteiger partial charge on any atom is -0.357 e. The highest BCUT2D eigenvalue weighted by molar-refractivity contribution is 7.80. The molecule has 0 aliphatic heterocycles.